The zero-order valence-corrected chi connectivity index (χ0v) is 15.0. The van der Waals surface area contributed by atoms with Gasteiger partial charge in [-0.15, -0.1) is 0 Å². The van der Waals surface area contributed by atoms with E-state index in [4.69, 9.17) is 0 Å². The van der Waals surface area contributed by atoms with Crippen LogP contribution in [0.5, 0.6) is 0 Å². The molecule has 2 saturated heterocycles. The van der Waals surface area contributed by atoms with Gasteiger partial charge in [-0.3, -0.25) is 9.69 Å². The number of nitrogens with zero attached hydrogens (tertiary/aromatic N) is 3. The van der Waals surface area contributed by atoms with E-state index in [0.29, 0.717) is 12.5 Å². The quantitative estimate of drug-likeness (QED) is 0.828. The summed E-state index contributed by atoms with van der Waals surface area (Å²) in [5.74, 6) is 1.10. The monoisotopic (exact) mass is 329 g/mol. The minimum absolute atomic E-state index is 0.326. The molecule has 4 nitrogen and oxygen atoms in total. The molecule has 2 heterocycles. The van der Waals surface area contributed by atoms with Crippen molar-refractivity contribution in [2.24, 2.45) is 5.92 Å². The lowest BCUT2D eigenvalue weighted by molar-refractivity contribution is -0.134. The Morgan fingerprint density at radius 3 is 2.25 bits per heavy atom. The topological polar surface area (TPSA) is 26.8 Å². The van der Waals surface area contributed by atoms with Crippen LogP contribution in [0.4, 0.5) is 0 Å². The first-order chi connectivity index (χ1) is 11.7. The summed E-state index contributed by atoms with van der Waals surface area (Å²) in [6.45, 7) is 9.89. The van der Waals surface area contributed by atoms with E-state index in [0.717, 1.165) is 51.7 Å². The molecule has 2 fully saturated rings. The van der Waals surface area contributed by atoms with Crippen LogP contribution >= 0.6 is 0 Å². The maximum atomic E-state index is 12.5. The molecule has 0 aliphatic carbocycles. The van der Waals surface area contributed by atoms with Gasteiger partial charge < -0.3 is 9.80 Å². The fourth-order valence-corrected chi connectivity index (χ4v) is 3.90. The van der Waals surface area contributed by atoms with Crippen molar-refractivity contribution in [3.05, 3.63) is 35.9 Å². The fraction of sp³-hybridized carbons (Fsp3) is 0.650. The number of likely N-dealkylation sites (tertiary alicyclic amines) is 1. The predicted molar refractivity (Wildman–Crippen MR) is 98.0 cm³/mol. The van der Waals surface area contributed by atoms with Crippen molar-refractivity contribution >= 4 is 5.91 Å². The second kappa shape index (κ2) is 8.63. The molecule has 0 unspecified atom stereocenters. The Morgan fingerprint density at radius 2 is 1.62 bits per heavy atom. The highest BCUT2D eigenvalue weighted by molar-refractivity contribution is 5.78. The van der Waals surface area contributed by atoms with E-state index in [2.05, 4.69) is 52.0 Å². The Bertz CT molecular complexity index is 503. The fourth-order valence-electron chi connectivity index (χ4n) is 3.90. The molecule has 0 aromatic heterocycles. The van der Waals surface area contributed by atoms with Crippen molar-refractivity contribution in [1.82, 2.24) is 14.7 Å². The molecular formula is C20H31N3O. The molecule has 1 aromatic carbocycles. The lowest BCUT2D eigenvalue weighted by Gasteiger charge is -2.36. The first-order valence-corrected chi connectivity index (χ1v) is 9.51. The molecule has 2 aliphatic rings. The van der Waals surface area contributed by atoms with Crippen LogP contribution in [0.15, 0.2) is 30.3 Å². The molecule has 3 rings (SSSR count). The highest BCUT2D eigenvalue weighted by Gasteiger charge is 2.25. The van der Waals surface area contributed by atoms with Gasteiger partial charge in [-0.25, -0.2) is 0 Å². The van der Waals surface area contributed by atoms with E-state index >= 15 is 0 Å². The number of amides is 1. The number of piperidine rings is 1. The van der Waals surface area contributed by atoms with Gasteiger partial charge in [0.15, 0.2) is 0 Å². The second-order valence-electron chi connectivity index (χ2n) is 7.22. The first kappa shape index (κ1) is 17.4. The van der Waals surface area contributed by atoms with Crippen LogP contribution in [0.1, 0.15) is 25.3 Å². The molecule has 132 valence electrons. The second-order valence-corrected chi connectivity index (χ2v) is 7.22. The number of benzene rings is 1. The van der Waals surface area contributed by atoms with Crippen molar-refractivity contribution < 1.29 is 4.79 Å². The number of carbonyl (C=O) groups is 1. The van der Waals surface area contributed by atoms with E-state index < -0.39 is 0 Å². The van der Waals surface area contributed by atoms with E-state index in [1.807, 2.05) is 0 Å². The van der Waals surface area contributed by atoms with Crippen LogP contribution in [-0.2, 0) is 11.2 Å². The minimum Gasteiger partial charge on any atom is -0.339 e. The number of hydrogen-bond acceptors (Lipinski definition) is 3. The average molecular weight is 329 g/mol. The van der Waals surface area contributed by atoms with Crippen LogP contribution in [0, 0.1) is 5.92 Å². The Hall–Kier alpha value is -1.39. The molecule has 1 aromatic rings. The number of hydrogen-bond donors (Lipinski definition) is 0. The van der Waals surface area contributed by atoms with Crippen molar-refractivity contribution in [2.45, 2.75) is 26.2 Å². The average Bonchev–Trinajstić information content (AvgIpc) is 2.64. The molecule has 4 heteroatoms. The zero-order valence-electron chi connectivity index (χ0n) is 15.0. The first-order valence-electron chi connectivity index (χ1n) is 9.51. The van der Waals surface area contributed by atoms with Gasteiger partial charge in [-0.05, 0) is 50.4 Å². The highest BCUT2D eigenvalue weighted by atomic mass is 16.2. The van der Waals surface area contributed by atoms with Gasteiger partial charge >= 0.3 is 0 Å². The maximum absolute atomic E-state index is 12.5. The Morgan fingerprint density at radius 1 is 0.958 bits per heavy atom. The third-order valence-electron chi connectivity index (χ3n) is 5.61. The lowest BCUT2D eigenvalue weighted by atomic mass is 9.90. The third kappa shape index (κ3) is 4.81. The van der Waals surface area contributed by atoms with Crippen LogP contribution in [0.3, 0.4) is 0 Å². The van der Waals surface area contributed by atoms with Gasteiger partial charge in [0.2, 0.25) is 5.91 Å². The predicted octanol–water partition coefficient (Wildman–Crippen LogP) is 2.11. The van der Waals surface area contributed by atoms with Crippen LogP contribution < -0.4 is 0 Å². The van der Waals surface area contributed by atoms with Gasteiger partial charge in [-0.1, -0.05) is 37.3 Å². The number of rotatable bonds is 5. The van der Waals surface area contributed by atoms with Crippen molar-refractivity contribution in [3.8, 4) is 0 Å². The van der Waals surface area contributed by atoms with E-state index in [-0.39, 0.29) is 0 Å². The standard InChI is InChI=1S/C20H31N3O/c1-2-21-12-14-23(15-13-21)20(24)17-22-10-8-19(9-11-22)16-18-6-4-3-5-7-18/h3-7,19H,2,8-17H2,1H3. The number of piperazine rings is 1. The molecule has 0 radical (unpaired) electrons. The summed E-state index contributed by atoms with van der Waals surface area (Å²) in [5.41, 5.74) is 1.45. The summed E-state index contributed by atoms with van der Waals surface area (Å²) in [4.78, 5) is 19.3. The molecule has 0 N–H and O–H groups in total. The van der Waals surface area contributed by atoms with Crippen molar-refractivity contribution in [2.75, 3.05) is 52.4 Å². The van der Waals surface area contributed by atoms with Crippen LogP contribution in [0.2, 0.25) is 0 Å². The third-order valence-corrected chi connectivity index (χ3v) is 5.61. The number of likely N-dealkylation sites (N-methyl/N-ethyl adjacent to an activating group) is 1. The summed E-state index contributed by atoms with van der Waals surface area (Å²) in [7, 11) is 0. The van der Waals surface area contributed by atoms with Gasteiger partial charge in [-0.2, -0.15) is 0 Å². The highest BCUT2D eigenvalue weighted by Crippen LogP contribution is 2.21. The normalized spacial score (nSPS) is 21.1. The van der Waals surface area contributed by atoms with Crippen molar-refractivity contribution in [1.29, 1.82) is 0 Å². The molecule has 1 amide bonds. The lowest BCUT2D eigenvalue weighted by Crippen LogP contribution is -2.51. The smallest absolute Gasteiger partial charge is 0.236 e. The Balaban J connectivity index is 1.38. The van der Waals surface area contributed by atoms with Gasteiger partial charge in [0.25, 0.3) is 0 Å². The zero-order chi connectivity index (χ0) is 16.8. The van der Waals surface area contributed by atoms with Gasteiger partial charge in [0.05, 0.1) is 6.54 Å². The molecule has 2 aliphatic heterocycles. The summed E-state index contributed by atoms with van der Waals surface area (Å²) in [5, 5.41) is 0. The van der Waals surface area contributed by atoms with Gasteiger partial charge in [0, 0.05) is 26.2 Å². The molecule has 0 spiro atoms. The summed E-state index contributed by atoms with van der Waals surface area (Å²) >= 11 is 0. The molecule has 24 heavy (non-hydrogen) atoms. The van der Waals surface area contributed by atoms with Gasteiger partial charge in [0.1, 0.15) is 0 Å². The molecule has 0 saturated carbocycles. The molecule has 0 atom stereocenters. The number of carbonyl (C=O) groups excluding carboxylic acids is 1. The minimum atomic E-state index is 0.326. The summed E-state index contributed by atoms with van der Waals surface area (Å²) in [6, 6.07) is 10.8. The van der Waals surface area contributed by atoms with E-state index in [1.165, 1.54) is 24.8 Å². The summed E-state index contributed by atoms with van der Waals surface area (Å²) < 4.78 is 0. The molecule has 0 bridgehead atoms. The Kier molecular flexibility index (Phi) is 6.27. The molecular weight excluding hydrogens is 298 g/mol. The largest absolute Gasteiger partial charge is 0.339 e. The van der Waals surface area contributed by atoms with Crippen LogP contribution in [0.25, 0.3) is 0 Å². The van der Waals surface area contributed by atoms with E-state index in [1.54, 1.807) is 0 Å². The summed E-state index contributed by atoms with van der Waals surface area (Å²) in [6.07, 6.45) is 3.61. The van der Waals surface area contributed by atoms with Crippen LogP contribution in [-0.4, -0.2) is 73.0 Å². The van der Waals surface area contributed by atoms with Crippen molar-refractivity contribution in [3.63, 3.8) is 0 Å². The van der Waals surface area contributed by atoms with E-state index in [9.17, 15) is 4.79 Å². The SMILES string of the molecule is CCN1CCN(C(=O)CN2CCC(Cc3ccccc3)CC2)CC1. The maximum Gasteiger partial charge on any atom is 0.236 e. The Labute approximate surface area is 146 Å².